The van der Waals surface area contributed by atoms with Crippen LogP contribution in [0.5, 0.6) is 0 Å². The molecular formula is C18H23N3O4. The molecule has 0 radical (unpaired) electrons. The summed E-state index contributed by atoms with van der Waals surface area (Å²) in [6.07, 6.45) is 0.757. The van der Waals surface area contributed by atoms with Crippen LogP contribution in [-0.4, -0.2) is 52.4 Å². The zero-order chi connectivity index (χ0) is 18.1. The molecule has 0 unspecified atom stereocenters. The number of benzene rings is 1. The van der Waals surface area contributed by atoms with Crippen molar-refractivity contribution in [1.29, 1.82) is 0 Å². The van der Waals surface area contributed by atoms with E-state index in [4.69, 9.17) is 4.42 Å². The number of nitrogens with zero attached hydrogens (tertiary/aromatic N) is 3. The number of hydrogen-bond donors (Lipinski definition) is 0. The highest BCUT2D eigenvalue weighted by molar-refractivity contribution is 5.97. The number of aromatic nitrogens is 1. The zero-order valence-electron chi connectivity index (χ0n) is 14.8. The molecular weight excluding hydrogens is 322 g/mol. The van der Waals surface area contributed by atoms with Crippen molar-refractivity contribution in [3.05, 3.63) is 34.3 Å². The van der Waals surface area contributed by atoms with Gasteiger partial charge in [0.05, 0.1) is 5.52 Å². The van der Waals surface area contributed by atoms with E-state index in [1.165, 1.54) is 4.57 Å². The zero-order valence-corrected chi connectivity index (χ0v) is 14.8. The number of carbonyl (C=O) groups is 2. The molecule has 7 nitrogen and oxygen atoms in total. The van der Waals surface area contributed by atoms with Crippen LogP contribution in [-0.2, 0) is 11.8 Å². The Morgan fingerprint density at radius 2 is 1.76 bits per heavy atom. The minimum atomic E-state index is -0.447. The molecule has 134 valence electrons. The topological polar surface area (TPSA) is 75.8 Å². The van der Waals surface area contributed by atoms with Crippen LogP contribution in [0.15, 0.2) is 27.4 Å². The highest BCUT2D eigenvalue weighted by atomic mass is 16.4. The lowest BCUT2D eigenvalue weighted by molar-refractivity contribution is -0.134. The van der Waals surface area contributed by atoms with Gasteiger partial charge in [0, 0.05) is 44.7 Å². The van der Waals surface area contributed by atoms with Crippen molar-refractivity contribution in [1.82, 2.24) is 14.4 Å². The summed E-state index contributed by atoms with van der Waals surface area (Å²) in [4.78, 5) is 40.1. The van der Waals surface area contributed by atoms with E-state index in [1.54, 1.807) is 30.1 Å². The molecule has 2 heterocycles. The van der Waals surface area contributed by atoms with Crippen LogP contribution in [0.1, 0.15) is 30.6 Å². The van der Waals surface area contributed by atoms with E-state index in [-0.39, 0.29) is 17.7 Å². The molecule has 0 bridgehead atoms. The molecule has 0 N–H and O–H groups in total. The number of rotatable bonds is 2. The molecule has 25 heavy (non-hydrogen) atoms. The van der Waals surface area contributed by atoms with Crippen molar-refractivity contribution in [2.24, 2.45) is 13.0 Å². The Morgan fingerprint density at radius 1 is 1.08 bits per heavy atom. The number of amides is 2. The molecule has 7 heteroatoms. The second-order valence-corrected chi connectivity index (χ2v) is 6.74. The average molecular weight is 345 g/mol. The molecule has 2 amide bonds. The van der Waals surface area contributed by atoms with E-state index in [9.17, 15) is 14.4 Å². The van der Waals surface area contributed by atoms with E-state index < -0.39 is 5.76 Å². The lowest BCUT2D eigenvalue weighted by Gasteiger charge is -2.23. The first-order valence-electron chi connectivity index (χ1n) is 8.56. The SMILES string of the molecule is CC(C)C(=O)N1CCCN(C(=O)c2ccc3c(c2)oc(=O)n3C)CC1. The number of fused-ring (bicyclic) bond motifs is 1. The van der Waals surface area contributed by atoms with Gasteiger partial charge in [0.1, 0.15) is 0 Å². The van der Waals surface area contributed by atoms with Crippen LogP contribution in [0.3, 0.4) is 0 Å². The summed E-state index contributed by atoms with van der Waals surface area (Å²) >= 11 is 0. The molecule has 1 aliphatic rings. The molecule has 1 aromatic carbocycles. The minimum Gasteiger partial charge on any atom is -0.408 e. The van der Waals surface area contributed by atoms with E-state index in [2.05, 4.69) is 0 Å². The monoisotopic (exact) mass is 345 g/mol. The molecule has 3 rings (SSSR count). The number of oxazole rings is 1. The van der Waals surface area contributed by atoms with Gasteiger partial charge in [0.2, 0.25) is 5.91 Å². The molecule has 1 saturated heterocycles. The van der Waals surface area contributed by atoms with Crippen LogP contribution >= 0.6 is 0 Å². The van der Waals surface area contributed by atoms with Crippen molar-refractivity contribution in [3.8, 4) is 0 Å². The first kappa shape index (κ1) is 17.3. The Kier molecular flexibility index (Phi) is 4.65. The number of carbonyl (C=O) groups excluding carboxylic acids is 2. The van der Waals surface area contributed by atoms with Crippen LogP contribution in [0.25, 0.3) is 11.1 Å². The van der Waals surface area contributed by atoms with Gasteiger partial charge in [0.15, 0.2) is 5.58 Å². The van der Waals surface area contributed by atoms with Gasteiger partial charge in [0.25, 0.3) is 5.91 Å². The maximum absolute atomic E-state index is 12.8. The third kappa shape index (κ3) is 3.31. The van der Waals surface area contributed by atoms with Gasteiger partial charge in [-0.1, -0.05) is 13.8 Å². The summed E-state index contributed by atoms with van der Waals surface area (Å²) in [6, 6.07) is 5.04. The molecule has 1 fully saturated rings. The van der Waals surface area contributed by atoms with Gasteiger partial charge in [-0.2, -0.15) is 0 Å². The maximum Gasteiger partial charge on any atom is 0.419 e. The van der Waals surface area contributed by atoms with E-state index in [0.717, 1.165) is 6.42 Å². The molecule has 0 spiro atoms. The Labute approximate surface area is 145 Å². The Balaban J connectivity index is 1.77. The first-order chi connectivity index (χ1) is 11.9. The lowest BCUT2D eigenvalue weighted by atomic mass is 10.1. The quantitative estimate of drug-likeness (QED) is 0.826. The van der Waals surface area contributed by atoms with Gasteiger partial charge in [-0.05, 0) is 24.6 Å². The van der Waals surface area contributed by atoms with E-state index in [0.29, 0.717) is 42.8 Å². The largest absolute Gasteiger partial charge is 0.419 e. The van der Waals surface area contributed by atoms with Gasteiger partial charge in [-0.15, -0.1) is 0 Å². The van der Waals surface area contributed by atoms with Crippen molar-refractivity contribution >= 4 is 22.9 Å². The van der Waals surface area contributed by atoms with Crippen LogP contribution in [0, 0.1) is 5.92 Å². The molecule has 1 aromatic heterocycles. The van der Waals surface area contributed by atoms with E-state index >= 15 is 0 Å². The maximum atomic E-state index is 12.8. The van der Waals surface area contributed by atoms with Crippen molar-refractivity contribution in [3.63, 3.8) is 0 Å². The molecule has 1 aliphatic heterocycles. The fraction of sp³-hybridized carbons (Fsp3) is 0.500. The highest BCUT2D eigenvalue weighted by Gasteiger charge is 2.24. The Hall–Kier alpha value is -2.57. The van der Waals surface area contributed by atoms with Crippen molar-refractivity contribution in [2.45, 2.75) is 20.3 Å². The predicted octanol–water partition coefficient (Wildman–Crippen LogP) is 1.46. The number of hydrogen-bond acceptors (Lipinski definition) is 4. The second kappa shape index (κ2) is 6.74. The average Bonchev–Trinajstić information content (AvgIpc) is 2.78. The van der Waals surface area contributed by atoms with Crippen LogP contribution in [0.4, 0.5) is 0 Å². The standard InChI is InChI=1S/C18H23N3O4/c1-12(2)16(22)20-7-4-8-21(10-9-20)17(23)13-5-6-14-15(11-13)25-18(24)19(14)3/h5-6,11-12H,4,7-10H2,1-3H3. The predicted molar refractivity (Wildman–Crippen MR) is 93.4 cm³/mol. The summed E-state index contributed by atoms with van der Waals surface area (Å²) in [5.74, 6) is -0.461. The third-order valence-electron chi connectivity index (χ3n) is 4.63. The molecule has 0 saturated carbocycles. The smallest absolute Gasteiger partial charge is 0.408 e. The fourth-order valence-corrected chi connectivity index (χ4v) is 3.16. The minimum absolute atomic E-state index is 0.0364. The van der Waals surface area contributed by atoms with Crippen molar-refractivity contribution in [2.75, 3.05) is 26.2 Å². The Bertz CT molecular complexity index is 865. The summed E-state index contributed by atoms with van der Waals surface area (Å²) in [7, 11) is 1.63. The molecule has 0 aliphatic carbocycles. The Morgan fingerprint density at radius 3 is 2.48 bits per heavy atom. The summed E-state index contributed by atoms with van der Waals surface area (Å²) in [6.45, 7) is 6.11. The summed E-state index contributed by atoms with van der Waals surface area (Å²) in [5.41, 5.74) is 1.56. The second-order valence-electron chi connectivity index (χ2n) is 6.74. The van der Waals surface area contributed by atoms with Gasteiger partial charge >= 0.3 is 5.76 Å². The normalized spacial score (nSPS) is 15.7. The third-order valence-corrected chi connectivity index (χ3v) is 4.63. The van der Waals surface area contributed by atoms with Crippen molar-refractivity contribution < 1.29 is 14.0 Å². The molecule has 0 atom stereocenters. The van der Waals surface area contributed by atoms with E-state index in [1.807, 2.05) is 18.7 Å². The first-order valence-corrected chi connectivity index (χ1v) is 8.56. The molecule has 2 aromatic rings. The fourth-order valence-electron chi connectivity index (χ4n) is 3.16. The lowest BCUT2D eigenvalue weighted by Crippen LogP contribution is -2.38. The van der Waals surface area contributed by atoms with Gasteiger partial charge in [-0.3, -0.25) is 14.2 Å². The number of aryl methyl sites for hydroxylation is 1. The summed E-state index contributed by atoms with van der Waals surface area (Å²) < 4.78 is 6.57. The van der Waals surface area contributed by atoms with Gasteiger partial charge < -0.3 is 14.2 Å². The highest BCUT2D eigenvalue weighted by Crippen LogP contribution is 2.17. The van der Waals surface area contributed by atoms with Gasteiger partial charge in [-0.25, -0.2) is 4.79 Å². The van der Waals surface area contributed by atoms with Crippen LogP contribution in [0.2, 0.25) is 0 Å². The summed E-state index contributed by atoms with van der Waals surface area (Å²) in [5, 5.41) is 0. The van der Waals surface area contributed by atoms with Crippen LogP contribution < -0.4 is 5.76 Å².